The summed E-state index contributed by atoms with van der Waals surface area (Å²) >= 11 is 0. The van der Waals surface area contributed by atoms with Gasteiger partial charge in [0.2, 0.25) is 0 Å². The predicted octanol–water partition coefficient (Wildman–Crippen LogP) is 5.13. The molecule has 0 rings (SSSR count). The molecule has 120 valence electrons. The monoisotopic (exact) mass is 284 g/mol. The highest BCUT2D eigenvalue weighted by Gasteiger charge is 2.20. The number of hydrogen-bond acceptors (Lipinski definition) is 3. The summed E-state index contributed by atoms with van der Waals surface area (Å²) in [5.41, 5.74) is 0.540. The number of hydrogen-bond donors (Lipinski definition) is 2. The lowest BCUT2D eigenvalue weighted by atomic mass is 9.99. The summed E-state index contributed by atoms with van der Waals surface area (Å²) in [4.78, 5) is 0. The van der Waals surface area contributed by atoms with E-state index in [1.165, 1.54) is 64.2 Å². The molecule has 0 saturated carbocycles. The minimum atomic E-state index is -0.200. The van der Waals surface area contributed by atoms with Crippen LogP contribution >= 0.6 is 0 Å². The zero-order chi connectivity index (χ0) is 15.3. The van der Waals surface area contributed by atoms with Gasteiger partial charge in [-0.25, -0.2) is 0 Å². The normalized spacial score (nSPS) is 12.9. The minimum absolute atomic E-state index is 0.200. The van der Waals surface area contributed by atoms with Crippen LogP contribution in [0.3, 0.4) is 0 Å². The summed E-state index contributed by atoms with van der Waals surface area (Å²) in [6, 6.07) is 0. The molecule has 0 heterocycles. The smallest absolute Gasteiger partial charge is 0.0734 e. The fourth-order valence-corrected chi connectivity index (χ4v) is 2.27. The van der Waals surface area contributed by atoms with E-state index >= 15 is 0 Å². The number of oxime groups is 1. The predicted molar refractivity (Wildman–Crippen MR) is 88.8 cm³/mol. The van der Waals surface area contributed by atoms with Gasteiger partial charge < -0.3 is 10.5 Å². The molecule has 0 aliphatic rings. The van der Waals surface area contributed by atoms with Gasteiger partial charge in [0.05, 0.1) is 11.3 Å². The third-order valence-electron chi connectivity index (χ3n) is 4.15. The Balaban J connectivity index is 3.33. The Bertz CT molecular complexity index is 249. The first-order chi connectivity index (χ1) is 9.54. The maximum Gasteiger partial charge on any atom is 0.0734 e. The lowest BCUT2D eigenvalue weighted by molar-refractivity contribution is 0.310. The van der Waals surface area contributed by atoms with Crippen molar-refractivity contribution in [2.45, 2.75) is 97.4 Å². The van der Waals surface area contributed by atoms with Crippen molar-refractivity contribution in [1.29, 1.82) is 0 Å². The fourth-order valence-electron chi connectivity index (χ4n) is 2.27. The van der Waals surface area contributed by atoms with E-state index in [9.17, 15) is 0 Å². The van der Waals surface area contributed by atoms with Crippen molar-refractivity contribution < 1.29 is 5.21 Å². The SMILES string of the molecule is CCCCCCCCCCCCNC(C)(C)C(C)=NO. The highest BCUT2D eigenvalue weighted by atomic mass is 16.4. The van der Waals surface area contributed by atoms with Gasteiger partial charge in [-0.3, -0.25) is 0 Å². The number of nitrogens with zero attached hydrogens (tertiary/aromatic N) is 1. The molecule has 3 nitrogen and oxygen atoms in total. The third kappa shape index (κ3) is 10.2. The van der Waals surface area contributed by atoms with Crippen LogP contribution in [0.25, 0.3) is 0 Å². The van der Waals surface area contributed by atoms with Crippen LogP contribution in [0.4, 0.5) is 0 Å². The standard InChI is InChI=1S/C17H36N2O/c1-5-6-7-8-9-10-11-12-13-14-15-18-17(3,4)16(2)19-20/h18,20H,5-15H2,1-4H3. The van der Waals surface area contributed by atoms with Gasteiger partial charge in [-0.2, -0.15) is 0 Å². The van der Waals surface area contributed by atoms with Crippen molar-refractivity contribution in [3.05, 3.63) is 0 Å². The molecule has 0 amide bonds. The Hall–Kier alpha value is -0.570. The molecular formula is C17H36N2O. The van der Waals surface area contributed by atoms with Gasteiger partial charge in [-0.15, -0.1) is 0 Å². The highest BCUT2D eigenvalue weighted by Crippen LogP contribution is 2.11. The number of rotatable bonds is 13. The molecule has 0 spiro atoms. The van der Waals surface area contributed by atoms with Crippen LogP contribution in [0.2, 0.25) is 0 Å². The first-order valence-corrected chi connectivity index (χ1v) is 8.48. The van der Waals surface area contributed by atoms with Crippen molar-refractivity contribution in [2.75, 3.05) is 6.54 Å². The van der Waals surface area contributed by atoms with Crippen LogP contribution in [0.1, 0.15) is 91.9 Å². The molecule has 0 unspecified atom stereocenters. The second kappa shape index (κ2) is 12.2. The Morgan fingerprint density at radius 1 is 0.900 bits per heavy atom. The molecule has 2 N–H and O–H groups in total. The van der Waals surface area contributed by atoms with Gasteiger partial charge in [-0.05, 0) is 33.7 Å². The molecule has 0 aromatic heterocycles. The largest absolute Gasteiger partial charge is 0.411 e. The molecule has 0 bridgehead atoms. The molecule has 3 heteroatoms. The molecule has 0 saturated heterocycles. The van der Waals surface area contributed by atoms with E-state index in [1.54, 1.807) is 0 Å². The molecular weight excluding hydrogens is 248 g/mol. The summed E-state index contributed by atoms with van der Waals surface area (Å²) in [6.45, 7) is 9.22. The Labute approximate surface area is 126 Å². The minimum Gasteiger partial charge on any atom is -0.411 e. The summed E-state index contributed by atoms with van der Waals surface area (Å²) in [6.07, 6.45) is 13.6. The van der Waals surface area contributed by atoms with E-state index in [0.717, 1.165) is 12.3 Å². The summed E-state index contributed by atoms with van der Waals surface area (Å²) in [5.74, 6) is 0. The van der Waals surface area contributed by atoms with Crippen LogP contribution in [-0.2, 0) is 0 Å². The lowest BCUT2D eigenvalue weighted by Crippen LogP contribution is -2.46. The van der Waals surface area contributed by atoms with Gasteiger partial charge in [0.25, 0.3) is 0 Å². The molecule has 0 fully saturated rings. The Morgan fingerprint density at radius 2 is 1.35 bits per heavy atom. The third-order valence-corrected chi connectivity index (χ3v) is 4.15. The summed E-state index contributed by atoms with van der Waals surface area (Å²) in [5, 5.41) is 15.5. The summed E-state index contributed by atoms with van der Waals surface area (Å²) < 4.78 is 0. The lowest BCUT2D eigenvalue weighted by Gasteiger charge is -2.25. The van der Waals surface area contributed by atoms with Crippen molar-refractivity contribution in [3.8, 4) is 0 Å². The quantitative estimate of drug-likeness (QED) is 0.213. The Kier molecular flexibility index (Phi) is 11.8. The van der Waals surface area contributed by atoms with Crippen LogP contribution in [0.5, 0.6) is 0 Å². The van der Waals surface area contributed by atoms with Crippen molar-refractivity contribution in [1.82, 2.24) is 5.32 Å². The van der Waals surface area contributed by atoms with E-state index in [2.05, 4.69) is 31.2 Å². The Morgan fingerprint density at radius 3 is 1.80 bits per heavy atom. The van der Waals surface area contributed by atoms with E-state index in [4.69, 9.17) is 5.21 Å². The number of unbranched alkanes of at least 4 members (excludes halogenated alkanes) is 9. The molecule has 20 heavy (non-hydrogen) atoms. The van der Waals surface area contributed by atoms with Gasteiger partial charge in [0, 0.05) is 0 Å². The van der Waals surface area contributed by atoms with Gasteiger partial charge >= 0.3 is 0 Å². The van der Waals surface area contributed by atoms with E-state index < -0.39 is 0 Å². The van der Waals surface area contributed by atoms with Crippen LogP contribution in [-0.4, -0.2) is 23.0 Å². The first-order valence-electron chi connectivity index (χ1n) is 8.48. The maximum absolute atomic E-state index is 8.80. The average molecular weight is 284 g/mol. The average Bonchev–Trinajstić information content (AvgIpc) is 2.43. The zero-order valence-electron chi connectivity index (χ0n) is 14.2. The van der Waals surface area contributed by atoms with Crippen LogP contribution in [0.15, 0.2) is 5.16 Å². The molecule has 0 radical (unpaired) electrons. The second-order valence-electron chi connectivity index (χ2n) is 6.42. The van der Waals surface area contributed by atoms with Gasteiger partial charge in [0.1, 0.15) is 0 Å². The second-order valence-corrected chi connectivity index (χ2v) is 6.42. The first kappa shape index (κ1) is 19.4. The van der Waals surface area contributed by atoms with Crippen LogP contribution in [0, 0.1) is 0 Å². The topological polar surface area (TPSA) is 44.6 Å². The molecule has 0 aliphatic heterocycles. The van der Waals surface area contributed by atoms with Gasteiger partial charge in [0.15, 0.2) is 0 Å². The molecule has 0 atom stereocenters. The molecule has 0 aromatic carbocycles. The van der Waals surface area contributed by atoms with Crippen molar-refractivity contribution >= 4 is 5.71 Å². The van der Waals surface area contributed by atoms with E-state index in [1.807, 2.05) is 6.92 Å². The molecule has 0 aliphatic carbocycles. The number of nitrogens with one attached hydrogen (secondary N) is 1. The van der Waals surface area contributed by atoms with E-state index in [0.29, 0.717) is 0 Å². The highest BCUT2D eigenvalue weighted by molar-refractivity contribution is 5.90. The molecule has 0 aromatic rings. The zero-order valence-corrected chi connectivity index (χ0v) is 14.2. The van der Waals surface area contributed by atoms with Crippen LogP contribution < -0.4 is 5.32 Å². The maximum atomic E-state index is 8.80. The van der Waals surface area contributed by atoms with Gasteiger partial charge in [-0.1, -0.05) is 69.9 Å². The summed E-state index contributed by atoms with van der Waals surface area (Å²) in [7, 11) is 0. The van der Waals surface area contributed by atoms with Crippen molar-refractivity contribution in [3.63, 3.8) is 0 Å². The van der Waals surface area contributed by atoms with E-state index in [-0.39, 0.29) is 5.54 Å². The fraction of sp³-hybridized carbons (Fsp3) is 0.941. The van der Waals surface area contributed by atoms with Crippen molar-refractivity contribution in [2.24, 2.45) is 5.16 Å².